The molecule has 2 aromatic rings. The van der Waals surface area contributed by atoms with Gasteiger partial charge in [0.2, 0.25) is 0 Å². The molecule has 2 N–H and O–H groups in total. The number of nitrogens with one attached hydrogen (secondary N) is 1. The zero-order valence-electron chi connectivity index (χ0n) is 13.6. The molecule has 24 heavy (non-hydrogen) atoms. The van der Waals surface area contributed by atoms with E-state index in [9.17, 15) is 14.7 Å². The maximum Gasteiger partial charge on any atom is 0.342 e. The van der Waals surface area contributed by atoms with Crippen LogP contribution in [0.5, 0.6) is 5.75 Å². The van der Waals surface area contributed by atoms with Crippen molar-refractivity contribution in [1.29, 1.82) is 0 Å². The Kier molecular flexibility index (Phi) is 4.69. The number of carbonyl (C=O) groups excluding carboxylic acids is 2. The number of phenols is 1. The van der Waals surface area contributed by atoms with Crippen LogP contribution in [0.25, 0.3) is 10.8 Å². The summed E-state index contributed by atoms with van der Waals surface area (Å²) in [4.78, 5) is 24.4. The maximum absolute atomic E-state index is 12.3. The molecule has 5 heteroatoms. The van der Waals surface area contributed by atoms with Crippen LogP contribution in [0.3, 0.4) is 0 Å². The lowest BCUT2D eigenvalue weighted by atomic mass is 10.1. The predicted molar refractivity (Wildman–Crippen MR) is 90.9 cm³/mol. The summed E-state index contributed by atoms with van der Waals surface area (Å²) in [5.74, 6) is -1.12. The maximum atomic E-state index is 12.3. The van der Waals surface area contributed by atoms with Gasteiger partial charge in [0, 0.05) is 11.4 Å². The number of phenolic OH excluding ortho intramolecular Hbond substituents is 1. The van der Waals surface area contributed by atoms with Crippen LogP contribution < -0.4 is 5.32 Å². The van der Waals surface area contributed by atoms with Crippen molar-refractivity contribution in [3.05, 3.63) is 42.0 Å². The van der Waals surface area contributed by atoms with E-state index in [-0.39, 0.29) is 23.3 Å². The quantitative estimate of drug-likeness (QED) is 0.846. The van der Waals surface area contributed by atoms with Crippen LogP contribution in [0.2, 0.25) is 0 Å². The molecule has 1 unspecified atom stereocenters. The molecule has 1 aliphatic carbocycles. The summed E-state index contributed by atoms with van der Waals surface area (Å²) >= 11 is 0. The number of hydrogen-bond donors (Lipinski definition) is 2. The summed E-state index contributed by atoms with van der Waals surface area (Å²) in [6.07, 6.45) is 3.27. The molecule has 0 heterocycles. The zero-order valence-corrected chi connectivity index (χ0v) is 13.6. The molecule has 5 nitrogen and oxygen atoms in total. The third-order valence-electron chi connectivity index (χ3n) is 4.48. The van der Waals surface area contributed by atoms with Crippen LogP contribution in [0.4, 0.5) is 0 Å². The molecule has 0 saturated heterocycles. The third-order valence-corrected chi connectivity index (χ3v) is 4.48. The SMILES string of the molecule is CC(OC(=O)c1ccc2ccccc2c1O)C(=O)NC1CCCC1. The fourth-order valence-corrected chi connectivity index (χ4v) is 3.09. The van der Waals surface area contributed by atoms with Crippen molar-refractivity contribution in [3.8, 4) is 5.75 Å². The Morgan fingerprint density at radius 2 is 1.88 bits per heavy atom. The highest BCUT2D eigenvalue weighted by atomic mass is 16.5. The number of aromatic hydroxyl groups is 1. The van der Waals surface area contributed by atoms with Gasteiger partial charge in [-0.15, -0.1) is 0 Å². The van der Waals surface area contributed by atoms with Gasteiger partial charge in [0.05, 0.1) is 0 Å². The van der Waals surface area contributed by atoms with Gasteiger partial charge < -0.3 is 15.2 Å². The van der Waals surface area contributed by atoms with Gasteiger partial charge in [-0.05, 0) is 31.2 Å². The Morgan fingerprint density at radius 3 is 2.62 bits per heavy atom. The Bertz CT molecular complexity index is 765. The van der Waals surface area contributed by atoms with Crippen molar-refractivity contribution in [3.63, 3.8) is 0 Å². The number of fused-ring (bicyclic) bond motifs is 1. The minimum Gasteiger partial charge on any atom is -0.506 e. The van der Waals surface area contributed by atoms with E-state index in [4.69, 9.17) is 4.74 Å². The van der Waals surface area contributed by atoms with E-state index in [1.807, 2.05) is 12.1 Å². The first-order valence-electron chi connectivity index (χ1n) is 8.28. The lowest BCUT2D eigenvalue weighted by Crippen LogP contribution is -2.40. The first-order valence-corrected chi connectivity index (χ1v) is 8.28. The van der Waals surface area contributed by atoms with Gasteiger partial charge in [-0.3, -0.25) is 4.79 Å². The first kappa shape index (κ1) is 16.3. The summed E-state index contributed by atoms with van der Waals surface area (Å²) in [7, 11) is 0. The molecule has 0 aliphatic heterocycles. The molecular formula is C19H21NO4. The molecule has 3 rings (SSSR count). The molecule has 1 aliphatic rings. The summed E-state index contributed by atoms with van der Waals surface area (Å²) in [6, 6.07) is 10.7. The van der Waals surface area contributed by atoms with Crippen molar-refractivity contribution in [2.75, 3.05) is 0 Å². The van der Waals surface area contributed by atoms with Gasteiger partial charge >= 0.3 is 5.97 Å². The van der Waals surface area contributed by atoms with Gasteiger partial charge in [0.1, 0.15) is 11.3 Å². The minimum atomic E-state index is -0.899. The highest BCUT2D eigenvalue weighted by Gasteiger charge is 2.24. The predicted octanol–water partition coefficient (Wildman–Crippen LogP) is 3.15. The second-order valence-electron chi connectivity index (χ2n) is 6.22. The van der Waals surface area contributed by atoms with Gasteiger partial charge in [0.15, 0.2) is 6.10 Å². The van der Waals surface area contributed by atoms with E-state index in [1.54, 1.807) is 25.1 Å². The van der Waals surface area contributed by atoms with E-state index in [0.29, 0.717) is 5.39 Å². The van der Waals surface area contributed by atoms with Gasteiger partial charge in [-0.1, -0.05) is 43.2 Å². The average molecular weight is 327 g/mol. The fourth-order valence-electron chi connectivity index (χ4n) is 3.09. The number of amides is 1. The highest BCUT2D eigenvalue weighted by molar-refractivity contribution is 6.01. The van der Waals surface area contributed by atoms with Crippen LogP contribution in [0, 0.1) is 0 Å². The summed E-state index contributed by atoms with van der Waals surface area (Å²) < 4.78 is 5.23. The Morgan fingerprint density at radius 1 is 1.17 bits per heavy atom. The van der Waals surface area contributed by atoms with Gasteiger partial charge in [0.25, 0.3) is 5.91 Å². The van der Waals surface area contributed by atoms with Crippen molar-refractivity contribution < 1.29 is 19.4 Å². The monoisotopic (exact) mass is 327 g/mol. The van der Waals surface area contributed by atoms with Gasteiger partial charge in [-0.25, -0.2) is 4.79 Å². The van der Waals surface area contributed by atoms with Crippen molar-refractivity contribution in [2.45, 2.75) is 44.8 Å². The molecule has 0 spiro atoms. The summed E-state index contributed by atoms with van der Waals surface area (Å²) in [6.45, 7) is 1.54. The normalized spacial score (nSPS) is 16.0. The molecule has 0 bridgehead atoms. The van der Waals surface area contributed by atoms with Crippen LogP contribution in [-0.2, 0) is 9.53 Å². The fraction of sp³-hybridized carbons (Fsp3) is 0.368. The van der Waals surface area contributed by atoms with Crippen LogP contribution in [-0.4, -0.2) is 29.1 Å². The van der Waals surface area contributed by atoms with Crippen molar-refractivity contribution in [2.24, 2.45) is 0 Å². The minimum absolute atomic E-state index is 0.0641. The molecule has 1 atom stereocenters. The Balaban J connectivity index is 1.70. The molecule has 1 amide bonds. The molecule has 0 radical (unpaired) electrons. The lowest BCUT2D eigenvalue weighted by Gasteiger charge is -2.17. The number of carbonyl (C=O) groups is 2. The van der Waals surface area contributed by atoms with Crippen molar-refractivity contribution in [1.82, 2.24) is 5.32 Å². The second kappa shape index (κ2) is 6.91. The van der Waals surface area contributed by atoms with Gasteiger partial charge in [-0.2, -0.15) is 0 Å². The molecule has 126 valence electrons. The summed E-state index contributed by atoms with van der Waals surface area (Å²) in [5, 5.41) is 14.6. The number of ether oxygens (including phenoxy) is 1. The average Bonchev–Trinajstić information content (AvgIpc) is 3.08. The number of benzene rings is 2. The van der Waals surface area contributed by atoms with Crippen LogP contribution in [0.15, 0.2) is 36.4 Å². The smallest absolute Gasteiger partial charge is 0.342 e. The number of esters is 1. The lowest BCUT2D eigenvalue weighted by molar-refractivity contribution is -0.129. The van der Waals surface area contributed by atoms with Crippen LogP contribution >= 0.6 is 0 Å². The highest BCUT2D eigenvalue weighted by Crippen LogP contribution is 2.29. The van der Waals surface area contributed by atoms with Crippen LogP contribution in [0.1, 0.15) is 43.0 Å². The second-order valence-corrected chi connectivity index (χ2v) is 6.22. The molecular weight excluding hydrogens is 306 g/mol. The zero-order chi connectivity index (χ0) is 17.1. The van der Waals surface area contributed by atoms with E-state index in [2.05, 4.69) is 5.32 Å². The van der Waals surface area contributed by atoms with E-state index >= 15 is 0 Å². The number of rotatable bonds is 4. The topological polar surface area (TPSA) is 75.6 Å². The van der Waals surface area contributed by atoms with E-state index in [0.717, 1.165) is 31.1 Å². The summed E-state index contributed by atoms with van der Waals surface area (Å²) in [5.41, 5.74) is 0.0641. The largest absolute Gasteiger partial charge is 0.506 e. The van der Waals surface area contributed by atoms with E-state index < -0.39 is 12.1 Å². The Labute approximate surface area is 140 Å². The molecule has 2 aromatic carbocycles. The Hall–Kier alpha value is -2.56. The molecule has 1 saturated carbocycles. The molecule has 0 aromatic heterocycles. The third kappa shape index (κ3) is 3.35. The standard InChI is InChI=1S/C19H21NO4/c1-12(18(22)20-14-7-3-4-8-14)24-19(23)16-11-10-13-6-2-5-9-15(13)17(16)21/h2,5-6,9-12,14,21H,3-4,7-8H2,1H3,(H,20,22). The molecule has 1 fully saturated rings. The first-order chi connectivity index (χ1) is 11.6. The number of hydrogen-bond acceptors (Lipinski definition) is 4. The van der Waals surface area contributed by atoms with Crippen molar-refractivity contribution >= 4 is 22.6 Å². The van der Waals surface area contributed by atoms with E-state index in [1.165, 1.54) is 6.07 Å².